The Balaban J connectivity index is 0. The van der Waals surface area contributed by atoms with Crippen molar-refractivity contribution in [3.05, 3.63) is 0 Å². The van der Waals surface area contributed by atoms with Crippen LogP contribution in [-0.4, -0.2) is 74.2 Å². The highest BCUT2D eigenvalue weighted by Crippen LogP contribution is 2.36. The molecule has 0 aromatic carbocycles. The van der Waals surface area contributed by atoms with Gasteiger partial charge in [0.2, 0.25) is 0 Å². The van der Waals surface area contributed by atoms with Gasteiger partial charge in [-0.05, 0) is 44.8 Å². The highest BCUT2D eigenvalue weighted by molar-refractivity contribution is 6.74. The van der Waals surface area contributed by atoms with Gasteiger partial charge in [-0.1, -0.05) is 20.8 Å². The SMILES string of the molecule is CCOC(=O)CCC(O)CO.CCOC(=O)CCC(O)CO[Si](C)(C)C(C)(C)C. The summed E-state index contributed by atoms with van der Waals surface area (Å²) in [4.78, 5) is 21.8. The van der Waals surface area contributed by atoms with Gasteiger partial charge in [-0.2, -0.15) is 0 Å². The average Bonchev–Trinajstić information content (AvgIpc) is 2.63. The summed E-state index contributed by atoms with van der Waals surface area (Å²) in [6, 6.07) is 0. The molecular formula is C20H42O8Si. The van der Waals surface area contributed by atoms with Crippen molar-refractivity contribution >= 4 is 20.3 Å². The standard InChI is InChI=1S/C13H28O4Si.C7H14O4/c1-7-16-12(15)9-8-11(14)10-17-18(5,6)13(2,3)4;1-2-11-7(10)4-3-6(9)5-8/h11,14H,7-10H2,1-6H3;6,8-9H,2-5H2,1H3. The van der Waals surface area contributed by atoms with Crippen molar-refractivity contribution < 1.29 is 38.8 Å². The zero-order valence-corrected chi connectivity index (χ0v) is 20.2. The normalized spacial score (nSPS) is 13.7. The van der Waals surface area contributed by atoms with Gasteiger partial charge in [0.05, 0.1) is 38.6 Å². The first-order valence-corrected chi connectivity index (χ1v) is 13.1. The quantitative estimate of drug-likeness (QED) is 0.314. The van der Waals surface area contributed by atoms with E-state index in [-0.39, 0.29) is 42.8 Å². The van der Waals surface area contributed by atoms with E-state index in [1.165, 1.54) is 0 Å². The maximum atomic E-state index is 11.1. The number of aliphatic hydroxyl groups excluding tert-OH is 3. The van der Waals surface area contributed by atoms with E-state index < -0.39 is 20.5 Å². The Kier molecular flexibility index (Phi) is 16.4. The molecule has 0 saturated carbocycles. The Hall–Kier alpha value is -1.00. The minimum Gasteiger partial charge on any atom is -0.466 e. The summed E-state index contributed by atoms with van der Waals surface area (Å²) < 4.78 is 15.3. The number of carbonyl (C=O) groups excluding carboxylic acids is 2. The lowest BCUT2D eigenvalue weighted by atomic mass is 10.2. The molecule has 9 heteroatoms. The first-order chi connectivity index (χ1) is 13.3. The van der Waals surface area contributed by atoms with Gasteiger partial charge in [-0.15, -0.1) is 0 Å². The number of hydrogen-bond donors (Lipinski definition) is 3. The third kappa shape index (κ3) is 16.5. The Morgan fingerprint density at radius 2 is 1.31 bits per heavy atom. The molecule has 0 aromatic heterocycles. The van der Waals surface area contributed by atoms with Crippen molar-refractivity contribution in [2.24, 2.45) is 0 Å². The van der Waals surface area contributed by atoms with E-state index in [2.05, 4.69) is 38.6 Å². The van der Waals surface area contributed by atoms with Gasteiger partial charge in [0, 0.05) is 12.8 Å². The third-order valence-corrected chi connectivity index (χ3v) is 9.13. The van der Waals surface area contributed by atoms with Crippen LogP contribution in [0.3, 0.4) is 0 Å². The molecule has 0 aromatic rings. The molecule has 2 unspecified atom stereocenters. The molecule has 0 amide bonds. The van der Waals surface area contributed by atoms with Crippen molar-refractivity contribution in [2.45, 2.75) is 90.6 Å². The van der Waals surface area contributed by atoms with Crippen LogP contribution in [0.1, 0.15) is 60.3 Å². The summed E-state index contributed by atoms with van der Waals surface area (Å²) in [5.41, 5.74) is 0. The molecule has 0 aliphatic carbocycles. The second-order valence-corrected chi connectivity index (χ2v) is 13.1. The molecule has 0 radical (unpaired) electrons. The fourth-order valence-corrected chi connectivity index (χ4v) is 2.77. The van der Waals surface area contributed by atoms with Gasteiger partial charge in [-0.25, -0.2) is 0 Å². The Morgan fingerprint density at radius 1 is 0.897 bits per heavy atom. The summed E-state index contributed by atoms with van der Waals surface area (Å²) in [5, 5.41) is 27.1. The number of hydrogen-bond acceptors (Lipinski definition) is 8. The molecule has 0 saturated heterocycles. The van der Waals surface area contributed by atoms with Gasteiger partial charge in [0.1, 0.15) is 0 Å². The van der Waals surface area contributed by atoms with E-state index >= 15 is 0 Å². The molecule has 29 heavy (non-hydrogen) atoms. The van der Waals surface area contributed by atoms with Crippen molar-refractivity contribution in [1.82, 2.24) is 0 Å². The van der Waals surface area contributed by atoms with Crippen LogP contribution in [0.25, 0.3) is 0 Å². The molecule has 0 aliphatic rings. The Morgan fingerprint density at radius 3 is 1.66 bits per heavy atom. The van der Waals surface area contributed by atoms with E-state index in [0.29, 0.717) is 26.2 Å². The number of rotatable bonds is 12. The lowest BCUT2D eigenvalue weighted by Crippen LogP contribution is -2.42. The fourth-order valence-electron chi connectivity index (χ4n) is 1.73. The highest BCUT2D eigenvalue weighted by atomic mass is 28.4. The van der Waals surface area contributed by atoms with Gasteiger partial charge in [0.25, 0.3) is 0 Å². The molecule has 0 bridgehead atoms. The van der Waals surface area contributed by atoms with Crippen molar-refractivity contribution in [2.75, 3.05) is 26.4 Å². The molecule has 0 spiro atoms. The molecule has 3 N–H and O–H groups in total. The molecule has 2 atom stereocenters. The highest BCUT2D eigenvalue weighted by Gasteiger charge is 2.37. The van der Waals surface area contributed by atoms with Crippen molar-refractivity contribution in [3.8, 4) is 0 Å². The number of carbonyl (C=O) groups is 2. The Labute approximate surface area is 176 Å². The van der Waals surface area contributed by atoms with Crippen molar-refractivity contribution in [3.63, 3.8) is 0 Å². The number of ether oxygens (including phenoxy) is 2. The van der Waals surface area contributed by atoms with Crippen LogP contribution in [0.5, 0.6) is 0 Å². The van der Waals surface area contributed by atoms with Crippen LogP contribution in [0.2, 0.25) is 18.1 Å². The third-order valence-electron chi connectivity index (χ3n) is 4.63. The zero-order chi connectivity index (χ0) is 23.1. The fraction of sp³-hybridized carbons (Fsp3) is 0.900. The second kappa shape index (κ2) is 15.8. The van der Waals surface area contributed by atoms with Gasteiger partial charge in [0.15, 0.2) is 8.32 Å². The summed E-state index contributed by atoms with van der Waals surface area (Å²) in [6.07, 6.45) is -0.336. The first kappa shape index (κ1) is 30.2. The van der Waals surface area contributed by atoms with Gasteiger partial charge >= 0.3 is 11.9 Å². The molecule has 0 fully saturated rings. The van der Waals surface area contributed by atoms with E-state index in [1.54, 1.807) is 13.8 Å². The van der Waals surface area contributed by atoms with Gasteiger partial charge < -0.3 is 29.2 Å². The first-order valence-electron chi connectivity index (χ1n) is 10.2. The van der Waals surface area contributed by atoms with Crippen LogP contribution in [0.15, 0.2) is 0 Å². The topological polar surface area (TPSA) is 123 Å². The minimum atomic E-state index is -1.82. The van der Waals surface area contributed by atoms with Crippen LogP contribution in [0.4, 0.5) is 0 Å². The van der Waals surface area contributed by atoms with E-state index in [1.807, 2.05) is 0 Å². The lowest BCUT2D eigenvalue weighted by Gasteiger charge is -2.36. The predicted octanol–water partition coefficient (Wildman–Crippen LogP) is 2.40. The smallest absolute Gasteiger partial charge is 0.305 e. The number of esters is 2. The largest absolute Gasteiger partial charge is 0.466 e. The summed E-state index contributed by atoms with van der Waals surface area (Å²) in [7, 11) is -1.82. The van der Waals surface area contributed by atoms with Crippen LogP contribution < -0.4 is 0 Å². The zero-order valence-electron chi connectivity index (χ0n) is 19.2. The maximum Gasteiger partial charge on any atom is 0.305 e. The summed E-state index contributed by atoms with van der Waals surface area (Å²) in [5.74, 6) is -0.594. The molecule has 0 heterocycles. The minimum absolute atomic E-state index is 0.133. The van der Waals surface area contributed by atoms with Crippen LogP contribution >= 0.6 is 0 Å². The maximum absolute atomic E-state index is 11.1. The second-order valence-electron chi connectivity index (χ2n) is 8.25. The lowest BCUT2D eigenvalue weighted by molar-refractivity contribution is -0.144. The molecule has 8 nitrogen and oxygen atoms in total. The van der Waals surface area contributed by atoms with E-state index in [4.69, 9.17) is 19.4 Å². The summed E-state index contributed by atoms with van der Waals surface area (Å²) in [6.45, 7) is 15.0. The van der Waals surface area contributed by atoms with Gasteiger partial charge in [-0.3, -0.25) is 9.59 Å². The predicted molar refractivity (Wildman–Crippen MR) is 114 cm³/mol. The summed E-state index contributed by atoms with van der Waals surface area (Å²) >= 11 is 0. The van der Waals surface area contributed by atoms with Crippen LogP contribution in [-0.2, 0) is 23.5 Å². The van der Waals surface area contributed by atoms with E-state index in [9.17, 15) is 14.7 Å². The van der Waals surface area contributed by atoms with E-state index in [0.717, 1.165) is 0 Å². The van der Waals surface area contributed by atoms with Crippen LogP contribution in [0, 0.1) is 0 Å². The van der Waals surface area contributed by atoms with Crippen molar-refractivity contribution in [1.29, 1.82) is 0 Å². The molecule has 0 rings (SSSR count). The monoisotopic (exact) mass is 438 g/mol. The average molecular weight is 439 g/mol. The molecule has 0 aliphatic heterocycles. The number of aliphatic hydroxyl groups is 3. The molecular weight excluding hydrogens is 396 g/mol. The molecule has 174 valence electrons. The Bertz CT molecular complexity index is 448.